The average molecular weight is 347 g/mol. The van der Waals surface area contributed by atoms with Crippen molar-refractivity contribution in [2.75, 3.05) is 20.1 Å². The molecule has 1 aliphatic rings. The molecule has 132 valence electrons. The molecule has 0 bridgehead atoms. The molecule has 1 aromatic carbocycles. The summed E-state index contributed by atoms with van der Waals surface area (Å²) in [4.78, 5) is 24.3. The third-order valence-electron chi connectivity index (χ3n) is 3.99. The minimum atomic E-state index is -5.01. The first-order chi connectivity index (χ1) is 11.2. The Hall–Kier alpha value is -2.32. The van der Waals surface area contributed by atoms with Crippen molar-refractivity contribution in [3.8, 4) is 0 Å². The van der Waals surface area contributed by atoms with E-state index in [9.17, 15) is 27.2 Å². The predicted octanol–water partition coefficient (Wildman–Crippen LogP) is 2.00. The van der Waals surface area contributed by atoms with Gasteiger partial charge in [0.1, 0.15) is 5.82 Å². The number of benzene rings is 1. The Labute approximate surface area is 136 Å². The average Bonchev–Trinajstić information content (AvgIpc) is 2.54. The van der Waals surface area contributed by atoms with Crippen LogP contribution in [0.2, 0.25) is 0 Å². The molecule has 5 nitrogen and oxygen atoms in total. The molecule has 0 saturated carbocycles. The quantitative estimate of drug-likeness (QED) is 0.804. The van der Waals surface area contributed by atoms with E-state index < -0.39 is 35.9 Å². The topological polar surface area (TPSA) is 61.4 Å². The highest BCUT2D eigenvalue weighted by atomic mass is 19.4. The molecule has 3 amide bonds. The number of rotatable bonds is 2. The van der Waals surface area contributed by atoms with Gasteiger partial charge >= 0.3 is 18.1 Å². The second-order valence-corrected chi connectivity index (χ2v) is 5.53. The van der Waals surface area contributed by atoms with Crippen molar-refractivity contribution >= 4 is 11.9 Å². The fourth-order valence-electron chi connectivity index (χ4n) is 2.80. The lowest BCUT2D eigenvalue weighted by Gasteiger charge is -2.39. The van der Waals surface area contributed by atoms with Gasteiger partial charge in [-0.2, -0.15) is 13.2 Å². The Morgan fingerprint density at radius 3 is 2.38 bits per heavy atom. The van der Waals surface area contributed by atoms with Gasteiger partial charge in [-0.15, -0.1) is 0 Å². The summed E-state index contributed by atoms with van der Waals surface area (Å²) >= 11 is 0. The fraction of sp³-hybridized carbons (Fsp3) is 0.467. The van der Waals surface area contributed by atoms with E-state index in [1.807, 2.05) is 5.32 Å². The highest BCUT2D eigenvalue weighted by Gasteiger charge is 2.42. The summed E-state index contributed by atoms with van der Waals surface area (Å²) in [6.45, 7) is 0.254. The van der Waals surface area contributed by atoms with Gasteiger partial charge < -0.3 is 15.5 Å². The van der Waals surface area contributed by atoms with Crippen molar-refractivity contribution in [3.63, 3.8) is 0 Å². The van der Waals surface area contributed by atoms with Crippen LogP contribution in [0.25, 0.3) is 0 Å². The Morgan fingerprint density at radius 1 is 1.21 bits per heavy atom. The number of nitrogens with zero attached hydrogens (tertiary/aromatic N) is 1. The molecule has 1 heterocycles. The molecule has 2 atom stereocenters. The normalized spacial score (nSPS) is 21.3. The number of piperidine rings is 1. The molecule has 0 aliphatic carbocycles. The van der Waals surface area contributed by atoms with Gasteiger partial charge in [0.05, 0.1) is 6.04 Å². The van der Waals surface area contributed by atoms with Crippen LogP contribution in [-0.4, -0.2) is 49.2 Å². The van der Waals surface area contributed by atoms with E-state index in [1.54, 1.807) is 0 Å². The van der Waals surface area contributed by atoms with Gasteiger partial charge in [-0.25, -0.2) is 9.18 Å². The van der Waals surface area contributed by atoms with Crippen LogP contribution in [0.3, 0.4) is 0 Å². The van der Waals surface area contributed by atoms with Crippen LogP contribution in [0.15, 0.2) is 24.3 Å². The summed E-state index contributed by atoms with van der Waals surface area (Å²) in [5.41, 5.74) is 0.612. The molecule has 1 saturated heterocycles. The standard InChI is InChI=1S/C15H17F4N3O2/c1-20-14(24)22-7-6-11(9-2-4-10(16)5-3-9)12(8-22)21-13(23)15(17,18)19/h2-5,11-12H,6-8H2,1H3,(H,20,24)(H,21,23)/t11-,12+/m0/s1. The summed E-state index contributed by atoms with van der Waals surface area (Å²) in [5.74, 6) is -2.96. The van der Waals surface area contributed by atoms with Gasteiger partial charge in [0, 0.05) is 26.1 Å². The second-order valence-electron chi connectivity index (χ2n) is 5.53. The van der Waals surface area contributed by atoms with Crippen LogP contribution < -0.4 is 10.6 Å². The first-order valence-corrected chi connectivity index (χ1v) is 7.32. The zero-order chi connectivity index (χ0) is 17.9. The minimum absolute atomic E-state index is 0.0659. The SMILES string of the molecule is CNC(=O)N1CC[C@@H](c2ccc(F)cc2)[C@H](NC(=O)C(F)(F)F)C1. The largest absolute Gasteiger partial charge is 0.471 e. The Balaban J connectivity index is 2.22. The molecule has 2 N–H and O–H groups in total. The van der Waals surface area contributed by atoms with Crippen LogP contribution in [0.4, 0.5) is 22.4 Å². The number of carbonyl (C=O) groups is 2. The Bertz CT molecular complexity index is 604. The molecule has 0 aromatic heterocycles. The predicted molar refractivity (Wildman–Crippen MR) is 77.8 cm³/mol. The summed E-state index contributed by atoms with van der Waals surface area (Å²) in [6, 6.07) is 4.02. The maximum atomic E-state index is 13.1. The molecule has 0 unspecified atom stereocenters. The van der Waals surface area contributed by atoms with Crippen molar-refractivity contribution < 1.29 is 27.2 Å². The lowest BCUT2D eigenvalue weighted by Crippen LogP contribution is -2.56. The lowest BCUT2D eigenvalue weighted by molar-refractivity contribution is -0.174. The number of halogens is 4. The first-order valence-electron chi connectivity index (χ1n) is 7.32. The molecular formula is C15H17F4N3O2. The van der Waals surface area contributed by atoms with Crippen molar-refractivity contribution in [3.05, 3.63) is 35.6 Å². The first kappa shape index (κ1) is 18.0. The molecule has 2 rings (SSSR count). The molecule has 9 heteroatoms. The number of hydrogen-bond donors (Lipinski definition) is 2. The lowest BCUT2D eigenvalue weighted by atomic mass is 9.85. The number of amides is 3. The molecule has 0 spiro atoms. The van der Waals surface area contributed by atoms with E-state index in [2.05, 4.69) is 5.32 Å². The number of carbonyl (C=O) groups excluding carboxylic acids is 2. The Morgan fingerprint density at radius 2 is 1.83 bits per heavy atom. The van der Waals surface area contributed by atoms with E-state index in [0.717, 1.165) is 0 Å². The second kappa shape index (κ2) is 7.06. The highest BCUT2D eigenvalue weighted by Crippen LogP contribution is 2.29. The van der Waals surface area contributed by atoms with Crippen molar-refractivity contribution in [1.29, 1.82) is 0 Å². The number of likely N-dealkylation sites (tertiary alicyclic amines) is 1. The third-order valence-corrected chi connectivity index (χ3v) is 3.99. The molecule has 24 heavy (non-hydrogen) atoms. The molecule has 1 fully saturated rings. The van der Waals surface area contributed by atoms with Gasteiger partial charge in [0.15, 0.2) is 0 Å². The van der Waals surface area contributed by atoms with Crippen molar-refractivity contribution in [2.24, 2.45) is 0 Å². The van der Waals surface area contributed by atoms with Gasteiger partial charge in [0.25, 0.3) is 0 Å². The van der Waals surface area contributed by atoms with E-state index in [1.165, 1.54) is 36.2 Å². The Kier molecular flexibility index (Phi) is 5.30. The van der Waals surface area contributed by atoms with E-state index in [-0.39, 0.29) is 6.54 Å². The smallest absolute Gasteiger partial charge is 0.343 e. The monoisotopic (exact) mass is 347 g/mol. The van der Waals surface area contributed by atoms with E-state index in [0.29, 0.717) is 18.5 Å². The van der Waals surface area contributed by atoms with Crippen molar-refractivity contribution in [1.82, 2.24) is 15.5 Å². The summed E-state index contributed by atoms with van der Waals surface area (Å²) in [6.07, 6.45) is -4.66. The number of alkyl halides is 3. The molecule has 1 aromatic rings. The van der Waals surface area contributed by atoms with Crippen molar-refractivity contribution in [2.45, 2.75) is 24.6 Å². The van der Waals surface area contributed by atoms with Crippen LogP contribution >= 0.6 is 0 Å². The van der Waals surface area contributed by atoms with Crippen LogP contribution in [0.1, 0.15) is 17.9 Å². The maximum absolute atomic E-state index is 13.1. The number of urea groups is 1. The molecule has 1 aliphatic heterocycles. The number of hydrogen-bond acceptors (Lipinski definition) is 2. The van der Waals surface area contributed by atoms with Crippen LogP contribution in [0.5, 0.6) is 0 Å². The molecular weight excluding hydrogens is 330 g/mol. The number of nitrogens with one attached hydrogen (secondary N) is 2. The highest BCUT2D eigenvalue weighted by molar-refractivity contribution is 5.82. The zero-order valence-electron chi connectivity index (χ0n) is 12.9. The fourth-order valence-corrected chi connectivity index (χ4v) is 2.80. The third kappa shape index (κ3) is 4.15. The summed E-state index contributed by atoms with van der Waals surface area (Å²) in [5, 5.41) is 4.35. The van der Waals surface area contributed by atoms with Gasteiger partial charge in [-0.05, 0) is 24.1 Å². The van der Waals surface area contributed by atoms with E-state index in [4.69, 9.17) is 0 Å². The van der Waals surface area contributed by atoms with Crippen LogP contribution in [0, 0.1) is 5.82 Å². The zero-order valence-corrected chi connectivity index (χ0v) is 12.9. The van der Waals surface area contributed by atoms with Gasteiger partial charge in [-0.1, -0.05) is 12.1 Å². The molecule has 0 radical (unpaired) electrons. The summed E-state index contributed by atoms with van der Waals surface area (Å²) < 4.78 is 50.7. The van der Waals surface area contributed by atoms with E-state index >= 15 is 0 Å². The summed E-state index contributed by atoms with van der Waals surface area (Å²) in [7, 11) is 1.41. The van der Waals surface area contributed by atoms with Crippen LogP contribution in [-0.2, 0) is 4.79 Å². The maximum Gasteiger partial charge on any atom is 0.471 e. The van der Waals surface area contributed by atoms with Gasteiger partial charge in [-0.3, -0.25) is 4.79 Å². The minimum Gasteiger partial charge on any atom is -0.343 e. The van der Waals surface area contributed by atoms with Gasteiger partial charge in [0.2, 0.25) is 0 Å².